The fraction of sp³-hybridized carbons (Fsp3) is 0.200. The minimum Gasteiger partial charge on any atom is -0.493 e. The van der Waals surface area contributed by atoms with E-state index in [0.29, 0.717) is 0 Å². The first-order valence-electron chi connectivity index (χ1n) is 2.58. The zero-order chi connectivity index (χ0) is 7.56. The molecule has 10 heavy (non-hydrogen) atoms. The van der Waals surface area contributed by atoms with E-state index in [4.69, 9.17) is 15.5 Å². The molecule has 0 amide bonds. The largest absolute Gasteiger partial charge is 0.493 e. The average Bonchev–Trinajstić information content (AvgIpc) is 1.88. The maximum Gasteiger partial charge on any atom is 0.306 e. The molecule has 0 aromatic heterocycles. The second-order valence-corrected chi connectivity index (χ2v) is 1.68. The number of amidine groups is 1. The lowest BCUT2D eigenvalue weighted by atomic mass is 10.5. The van der Waals surface area contributed by atoms with Crippen LogP contribution in [0.4, 0.5) is 0 Å². The quantitative estimate of drug-likeness (QED) is 0.466. The van der Waals surface area contributed by atoms with E-state index >= 15 is 0 Å². The fourth-order valence-electron chi connectivity index (χ4n) is 0.549. The Balaban J connectivity index is 2.80. The van der Waals surface area contributed by atoms with Crippen LogP contribution in [0.1, 0.15) is 0 Å². The van der Waals surface area contributed by atoms with Crippen molar-refractivity contribution in [3.8, 4) is 6.19 Å². The number of rotatable bonds is 0. The van der Waals surface area contributed by atoms with E-state index < -0.39 is 6.02 Å². The molecule has 0 unspecified atom stereocenters. The molecule has 1 heterocycles. The summed E-state index contributed by atoms with van der Waals surface area (Å²) in [5.74, 6) is -0.260. The van der Waals surface area contributed by atoms with Gasteiger partial charge in [0.15, 0.2) is 6.19 Å². The Kier molecular flexibility index (Phi) is 1.46. The van der Waals surface area contributed by atoms with Crippen LogP contribution in [0.25, 0.3) is 0 Å². The summed E-state index contributed by atoms with van der Waals surface area (Å²) in [5.41, 5.74) is 0. The molecule has 1 rings (SSSR count). The Bertz CT molecular complexity index is 238. The molecule has 0 saturated heterocycles. The van der Waals surface area contributed by atoms with E-state index in [1.807, 2.05) is 0 Å². The summed E-state index contributed by atoms with van der Waals surface area (Å²) in [6, 6.07) is -0.470. The van der Waals surface area contributed by atoms with E-state index in [2.05, 4.69) is 4.99 Å². The SMILES string of the molecule is N#CN1CC=C(O)N=C1O. The second kappa shape index (κ2) is 2.27. The van der Waals surface area contributed by atoms with Crippen LogP contribution in [-0.4, -0.2) is 27.7 Å². The van der Waals surface area contributed by atoms with Gasteiger partial charge in [-0.05, 0) is 6.08 Å². The first-order valence-corrected chi connectivity index (χ1v) is 2.58. The highest BCUT2D eigenvalue weighted by molar-refractivity contribution is 5.75. The molecule has 0 fully saturated rings. The molecule has 0 bridgehead atoms. The van der Waals surface area contributed by atoms with Gasteiger partial charge in [-0.3, -0.25) is 0 Å². The summed E-state index contributed by atoms with van der Waals surface area (Å²) in [7, 11) is 0. The van der Waals surface area contributed by atoms with Gasteiger partial charge in [0.25, 0.3) is 0 Å². The zero-order valence-electron chi connectivity index (χ0n) is 5.02. The lowest BCUT2D eigenvalue weighted by molar-refractivity contribution is 0.362. The summed E-state index contributed by atoms with van der Waals surface area (Å²) in [5, 5.41) is 25.7. The van der Waals surface area contributed by atoms with Gasteiger partial charge in [-0.1, -0.05) is 0 Å². The number of hydrogen-bond acceptors (Lipinski definition) is 4. The normalized spacial score (nSPS) is 17.3. The molecular formula is C5H5N3O2. The summed E-state index contributed by atoms with van der Waals surface area (Å²) in [6.45, 7) is 0.164. The van der Waals surface area contributed by atoms with Crippen molar-refractivity contribution in [3.63, 3.8) is 0 Å². The summed E-state index contributed by atoms with van der Waals surface area (Å²) >= 11 is 0. The van der Waals surface area contributed by atoms with Gasteiger partial charge in [-0.25, -0.2) is 4.90 Å². The van der Waals surface area contributed by atoms with Crippen molar-refractivity contribution in [3.05, 3.63) is 12.0 Å². The molecule has 5 nitrogen and oxygen atoms in total. The van der Waals surface area contributed by atoms with Crippen LogP contribution in [0, 0.1) is 11.5 Å². The van der Waals surface area contributed by atoms with Crippen molar-refractivity contribution in [2.75, 3.05) is 6.54 Å². The highest BCUT2D eigenvalue weighted by Gasteiger charge is 2.12. The lowest BCUT2D eigenvalue weighted by Crippen LogP contribution is -2.28. The monoisotopic (exact) mass is 139 g/mol. The minimum absolute atomic E-state index is 0.164. The van der Waals surface area contributed by atoms with Gasteiger partial charge in [0.2, 0.25) is 5.88 Å². The number of aliphatic hydroxyl groups is 2. The Morgan fingerprint density at radius 3 is 2.90 bits per heavy atom. The number of nitriles is 1. The van der Waals surface area contributed by atoms with Crippen LogP contribution in [0.15, 0.2) is 17.0 Å². The maximum absolute atomic E-state index is 8.79. The Labute approximate surface area is 57.1 Å². The van der Waals surface area contributed by atoms with Crippen LogP contribution in [0.5, 0.6) is 0 Å². The number of aliphatic hydroxyl groups excluding tert-OH is 2. The van der Waals surface area contributed by atoms with Gasteiger partial charge in [0.05, 0.1) is 6.54 Å². The molecule has 52 valence electrons. The molecule has 0 aromatic carbocycles. The van der Waals surface area contributed by atoms with Gasteiger partial charge in [-0.15, -0.1) is 0 Å². The van der Waals surface area contributed by atoms with E-state index in [1.54, 1.807) is 6.19 Å². The van der Waals surface area contributed by atoms with Crippen LogP contribution in [-0.2, 0) is 0 Å². The van der Waals surface area contributed by atoms with Gasteiger partial charge >= 0.3 is 6.02 Å². The summed E-state index contributed by atoms with van der Waals surface area (Å²) in [6.07, 6.45) is 2.99. The van der Waals surface area contributed by atoms with Gasteiger partial charge in [0, 0.05) is 0 Å². The molecule has 2 N–H and O–H groups in total. The molecule has 0 spiro atoms. The van der Waals surface area contributed by atoms with E-state index in [0.717, 1.165) is 4.90 Å². The average molecular weight is 139 g/mol. The first kappa shape index (κ1) is 6.42. The predicted octanol–water partition coefficient (Wildman–Crippen LogP) is 0.0965. The molecule has 0 aliphatic carbocycles. The smallest absolute Gasteiger partial charge is 0.306 e. The van der Waals surface area contributed by atoms with E-state index in [9.17, 15) is 0 Å². The number of aliphatic imine (C=N–C) groups is 1. The third-order valence-electron chi connectivity index (χ3n) is 1.03. The fourth-order valence-corrected chi connectivity index (χ4v) is 0.549. The van der Waals surface area contributed by atoms with Crippen molar-refractivity contribution in [2.45, 2.75) is 0 Å². The zero-order valence-corrected chi connectivity index (χ0v) is 5.02. The van der Waals surface area contributed by atoms with Gasteiger partial charge in [-0.2, -0.15) is 10.3 Å². The van der Waals surface area contributed by atoms with Crippen molar-refractivity contribution >= 4 is 6.02 Å². The third kappa shape index (κ3) is 1.00. The molecule has 0 radical (unpaired) electrons. The molecule has 0 aromatic rings. The van der Waals surface area contributed by atoms with E-state index in [-0.39, 0.29) is 12.4 Å². The number of hydrogen-bond donors (Lipinski definition) is 2. The summed E-state index contributed by atoms with van der Waals surface area (Å²) in [4.78, 5) is 4.17. The highest BCUT2D eigenvalue weighted by atomic mass is 16.3. The van der Waals surface area contributed by atoms with Crippen molar-refractivity contribution in [2.24, 2.45) is 4.99 Å². The molecule has 0 atom stereocenters. The summed E-state index contributed by atoms with van der Waals surface area (Å²) < 4.78 is 0. The molecule has 0 saturated carbocycles. The molecular weight excluding hydrogens is 134 g/mol. The standard InChI is InChI=1S/C5H5N3O2/c6-3-8-2-1-4(9)7-5(8)10/h1,9H,2H2,(H,7,10). The lowest BCUT2D eigenvalue weighted by Gasteiger charge is -2.13. The Morgan fingerprint density at radius 2 is 2.40 bits per heavy atom. The first-order chi connectivity index (χ1) is 4.74. The van der Waals surface area contributed by atoms with Crippen LogP contribution in [0.3, 0.4) is 0 Å². The van der Waals surface area contributed by atoms with Gasteiger partial charge in [0.1, 0.15) is 0 Å². The second-order valence-electron chi connectivity index (χ2n) is 1.68. The Morgan fingerprint density at radius 1 is 1.70 bits per heavy atom. The minimum atomic E-state index is -0.470. The maximum atomic E-state index is 8.79. The molecule has 1 aliphatic rings. The van der Waals surface area contributed by atoms with Crippen LogP contribution >= 0.6 is 0 Å². The highest BCUT2D eigenvalue weighted by Crippen LogP contribution is 2.01. The van der Waals surface area contributed by atoms with Crippen molar-refractivity contribution < 1.29 is 10.2 Å². The topological polar surface area (TPSA) is 79.9 Å². The van der Waals surface area contributed by atoms with Gasteiger partial charge < -0.3 is 10.2 Å². The Hall–Kier alpha value is -1.70. The molecule has 1 aliphatic heterocycles. The third-order valence-corrected chi connectivity index (χ3v) is 1.03. The van der Waals surface area contributed by atoms with Crippen LogP contribution in [0.2, 0.25) is 0 Å². The predicted molar refractivity (Wildman–Crippen MR) is 33.1 cm³/mol. The van der Waals surface area contributed by atoms with Crippen LogP contribution < -0.4 is 0 Å². The number of nitrogens with zero attached hydrogens (tertiary/aromatic N) is 3. The van der Waals surface area contributed by atoms with Crippen molar-refractivity contribution in [1.82, 2.24) is 4.90 Å². The van der Waals surface area contributed by atoms with E-state index in [1.165, 1.54) is 6.08 Å². The molecule has 5 heteroatoms. The van der Waals surface area contributed by atoms with Crippen molar-refractivity contribution in [1.29, 1.82) is 5.26 Å².